The maximum Gasteiger partial charge on any atom is 0.227 e. The van der Waals surface area contributed by atoms with Gasteiger partial charge in [0.05, 0.1) is 17.3 Å². The summed E-state index contributed by atoms with van der Waals surface area (Å²) in [5.74, 6) is 0.886. The van der Waals surface area contributed by atoms with Gasteiger partial charge in [-0.25, -0.2) is 4.98 Å². The van der Waals surface area contributed by atoms with Crippen LogP contribution in [0.4, 0.5) is 5.69 Å². The van der Waals surface area contributed by atoms with Gasteiger partial charge in [-0.3, -0.25) is 4.90 Å². The molecule has 3 aromatic rings. The number of anilines is 1. The van der Waals surface area contributed by atoms with Crippen molar-refractivity contribution < 1.29 is 9.15 Å². The highest BCUT2D eigenvalue weighted by Gasteiger charge is 2.11. The van der Waals surface area contributed by atoms with Gasteiger partial charge in [-0.05, 0) is 49.7 Å². The van der Waals surface area contributed by atoms with Crippen LogP contribution >= 0.6 is 0 Å². The van der Waals surface area contributed by atoms with E-state index >= 15 is 0 Å². The van der Waals surface area contributed by atoms with Gasteiger partial charge in [0.2, 0.25) is 5.71 Å². The van der Waals surface area contributed by atoms with Gasteiger partial charge in [-0.2, -0.15) is 0 Å². The molecule has 1 aliphatic heterocycles. The molecule has 4 rings (SSSR count). The van der Waals surface area contributed by atoms with Crippen molar-refractivity contribution in [2.45, 2.75) is 19.3 Å². The largest absolute Gasteiger partial charge is 0.492 e. The van der Waals surface area contributed by atoms with E-state index in [1.807, 2.05) is 30.3 Å². The van der Waals surface area contributed by atoms with Crippen molar-refractivity contribution in [2.75, 3.05) is 32.0 Å². The maximum absolute atomic E-state index is 6.26. The zero-order valence-corrected chi connectivity index (χ0v) is 14.3. The van der Waals surface area contributed by atoms with Crippen LogP contribution < -0.4 is 10.5 Å². The molecule has 1 aromatic carbocycles. The first-order chi connectivity index (χ1) is 12.3. The maximum atomic E-state index is 6.26. The number of piperidine rings is 1. The summed E-state index contributed by atoms with van der Waals surface area (Å²) in [7, 11) is 0. The standard InChI is InChI=1S/C20H23N3O2/c21-19-17-8-12-25-20(17)22-14-18(19)15-4-6-16(7-5-15)24-13-11-23-9-2-1-3-10-23/h4-8,12,14H,1-3,9-11,13H2,(H2,21,22). The minimum Gasteiger partial charge on any atom is -0.492 e. The summed E-state index contributed by atoms with van der Waals surface area (Å²) >= 11 is 0. The lowest BCUT2D eigenvalue weighted by atomic mass is 10.0. The predicted octanol–water partition coefficient (Wildman–Crippen LogP) is 3.94. The third-order valence-corrected chi connectivity index (χ3v) is 4.83. The van der Waals surface area contributed by atoms with Crippen molar-refractivity contribution >= 4 is 16.8 Å². The number of ether oxygens (including phenoxy) is 1. The number of rotatable bonds is 5. The topological polar surface area (TPSA) is 64.5 Å². The Morgan fingerprint density at radius 3 is 2.68 bits per heavy atom. The van der Waals surface area contributed by atoms with Crippen LogP contribution in [-0.4, -0.2) is 36.1 Å². The highest BCUT2D eigenvalue weighted by atomic mass is 16.5. The number of likely N-dealkylation sites (tertiary alicyclic amines) is 1. The molecule has 5 nitrogen and oxygen atoms in total. The molecule has 3 heterocycles. The molecule has 0 bridgehead atoms. The van der Waals surface area contributed by atoms with Crippen LogP contribution in [0.3, 0.4) is 0 Å². The van der Waals surface area contributed by atoms with E-state index in [0.717, 1.165) is 35.4 Å². The summed E-state index contributed by atoms with van der Waals surface area (Å²) in [6.45, 7) is 4.12. The summed E-state index contributed by atoms with van der Waals surface area (Å²) in [6, 6.07) is 9.87. The molecule has 25 heavy (non-hydrogen) atoms. The third-order valence-electron chi connectivity index (χ3n) is 4.83. The van der Waals surface area contributed by atoms with E-state index in [1.165, 1.54) is 32.4 Å². The minimum atomic E-state index is 0.568. The zero-order valence-electron chi connectivity index (χ0n) is 14.3. The SMILES string of the molecule is Nc1c(-c2ccc(OCCN3CCCCC3)cc2)cnc2occc12. The minimum absolute atomic E-state index is 0.568. The summed E-state index contributed by atoms with van der Waals surface area (Å²) < 4.78 is 11.2. The molecule has 5 heteroatoms. The molecule has 0 spiro atoms. The van der Waals surface area contributed by atoms with Gasteiger partial charge >= 0.3 is 0 Å². The molecule has 0 radical (unpaired) electrons. The van der Waals surface area contributed by atoms with Gasteiger partial charge in [0, 0.05) is 18.3 Å². The van der Waals surface area contributed by atoms with Crippen LogP contribution in [0.5, 0.6) is 5.75 Å². The number of nitrogens with two attached hydrogens (primary N) is 1. The van der Waals surface area contributed by atoms with Gasteiger partial charge in [0.25, 0.3) is 0 Å². The van der Waals surface area contributed by atoms with E-state index in [4.69, 9.17) is 14.9 Å². The number of furan rings is 1. The van der Waals surface area contributed by atoms with Crippen LogP contribution in [0.1, 0.15) is 19.3 Å². The van der Waals surface area contributed by atoms with Gasteiger partial charge < -0.3 is 14.9 Å². The Hall–Kier alpha value is -2.53. The smallest absolute Gasteiger partial charge is 0.227 e. The molecule has 0 amide bonds. The van der Waals surface area contributed by atoms with Gasteiger partial charge in [-0.1, -0.05) is 18.6 Å². The van der Waals surface area contributed by atoms with E-state index in [2.05, 4.69) is 9.88 Å². The Bertz CT molecular complexity index is 836. The van der Waals surface area contributed by atoms with Crippen molar-refractivity contribution in [2.24, 2.45) is 0 Å². The predicted molar refractivity (Wildman–Crippen MR) is 99.6 cm³/mol. The fourth-order valence-corrected chi connectivity index (χ4v) is 3.38. The van der Waals surface area contributed by atoms with Crippen LogP contribution in [0, 0.1) is 0 Å². The van der Waals surface area contributed by atoms with Crippen molar-refractivity contribution in [3.8, 4) is 16.9 Å². The van der Waals surface area contributed by atoms with Crippen LogP contribution in [0.2, 0.25) is 0 Å². The monoisotopic (exact) mass is 337 g/mol. The fourth-order valence-electron chi connectivity index (χ4n) is 3.38. The molecule has 1 fully saturated rings. The molecular formula is C20H23N3O2. The number of nitrogen functional groups attached to an aromatic ring is 1. The third kappa shape index (κ3) is 3.46. The van der Waals surface area contributed by atoms with Crippen LogP contribution in [-0.2, 0) is 0 Å². The Morgan fingerprint density at radius 1 is 1.08 bits per heavy atom. The lowest BCUT2D eigenvalue weighted by Crippen LogP contribution is -2.33. The molecule has 2 N–H and O–H groups in total. The quantitative estimate of drug-likeness (QED) is 0.764. The number of fused-ring (bicyclic) bond motifs is 1. The molecule has 2 aromatic heterocycles. The summed E-state index contributed by atoms with van der Waals surface area (Å²) in [5.41, 5.74) is 9.46. The molecule has 0 saturated carbocycles. The molecule has 0 atom stereocenters. The van der Waals surface area contributed by atoms with Gasteiger partial charge in [0.15, 0.2) is 0 Å². The second-order valence-electron chi connectivity index (χ2n) is 6.50. The van der Waals surface area contributed by atoms with Crippen molar-refractivity contribution in [1.82, 2.24) is 9.88 Å². The number of aromatic nitrogens is 1. The molecular weight excluding hydrogens is 314 g/mol. The average Bonchev–Trinajstić information content (AvgIpc) is 3.14. The first kappa shape index (κ1) is 16.0. The lowest BCUT2D eigenvalue weighted by Gasteiger charge is -2.26. The number of hydrogen-bond donors (Lipinski definition) is 1. The Balaban J connectivity index is 1.41. The fraction of sp³-hybridized carbons (Fsp3) is 0.350. The molecule has 1 aliphatic rings. The van der Waals surface area contributed by atoms with Crippen molar-refractivity contribution in [1.29, 1.82) is 0 Å². The van der Waals surface area contributed by atoms with Gasteiger partial charge in [-0.15, -0.1) is 0 Å². The number of hydrogen-bond acceptors (Lipinski definition) is 5. The Morgan fingerprint density at radius 2 is 1.88 bits per heavy atom. The second-order valence-corrected chi connectivity index (χ2v) is 6.50. The number of benzene rings is 1. The molecule has 130 valence electrons. The van der Waals surface area contributed by atoms with Crippen molar-refractivity contribution in [3.05, 3.63) is 42.8 Å². The van der Waals surface area contributed by atoms with E-state index < -0.39 is 0 Å². The van der Waals surface area contributed by atoms with Crippen molar-refractivity contribution in [3.63, 3.8) is 0 Å². The van der Waals surface area contributed by atoms with E-state index in [1.54, 1.807) is 12.5 Å². The number of pyridine rings is 1. The lowest BCUT2D eigenvalue weighted by molar-refractivity contribution is 0.183. The second kappa shape index (κ2) is 7.15. The van der Waals surface area contributed by atoms with E-state index in [0.29, 0.717) is 11.4 Å². The summed E-state index contributed by atoms with van der Waals surface area (Å²) in [6.07, 6.45) is 7.35. The Labute approximate surface area is 147 Å². The van der Waals surface area contributed by atoms with E-state index in [-0.39, 0.29) is 0 Å². The molecule has 0 unspecified atom stereocenters. The highest BCUT2D eigenvalue weighted by Crippen LogP contribution is 2.32. The van der Waals surface area contributed by atoms with Crippen LogP contribution in [0.25, 0.3) is 22.2 Å². The summed E-state index contributed by atoms with van der Waals surface area (Å²) in [5, 5.41) is 0.847. The van der Waals surface area contributed by atoms with Crippen LogP contribution in [0.15, 0.2) is 47.2 Å². The normalized spacial score (nSPS) is 15.5. The first-order valence-corrected chi connectivity index (χ1v) is 8.88. The van der Waals surface area contributed by atoms with E-state index in [9.17, 15) is 0 Å². The summed E-state index contributed by atoms with van der Waals surface area (Å²) in [4.78, 5) is 6.80. The Kier molecular flexibility index (Phi) is 4.57. The van der Waals surface area contributed by atoms with Gasteiger partial charge in [0.1, 0.15) is 12.4 Å². The first-order valence-electron chi connectivity index (χ1n) is 8.88. The molecule has 1 saturated heterocycles. The molecule has 0 aliphatic carbocycles. The number of nitrogens with zero attached hydrogens (tertiary/aromatic N) is 2. The average molecular weight is 337 g/mol. The highest BCUT2D eigenvalue weighted by molar-refractivity contribution is 5.95. The zero-order chi connectivity index (χ0) is 17.1.